The maximum atomic E-state index is 13.3. The van der Waals surface area contributed by atoms with Gasteiger partial charge in [-0.2, -0.15) is 0 Å². The molecule has 0 radical (unpaired) electrons. The average molecular weight is 622 g/mol. The van der Waals surface area contributed by atoms with E-state index in [4.69, 9.17) is 25.6 Å². The Balaban J connectivity index is 1.68. The molecule has 180 valence electrons. The number of aromatic nitrogens is 1. The highest BCUT2D eigenvalue weighted by Crippen LogP contribution is 2.43. The zero-order chi connectivity index (χ0) is 25.1. The molecule has 0 atom stereocenters. The maximum absolute atomic E-state index is 13.3. The zero-order valence-corrected chi connectivity index (χ0v) is 22.8. The van der Waals surface area contributed by atoms with E-state index in [1.165, 1.54) is 0 Å². The van der Waals surface area contributed by atoms with E-state index in [1.54, 1.807) is 32.0 Å². The number of benzene rings is 2. The van der Waals surface area contributed by atoms with Crippen LogP contribution in [0.25, 0.3) is 22.4 Å². The van der Waals surface area contributed by atoms with E-state index in [0.29, 0.717) is 48.7 Å². The van der Waals surface area contributed by atoms with Gasteiger partial charge in [-0.25, -0.2) is 4.79 Å². The van der Waals surface area contributed by atoms with Gasteiger partial charge < -0.3 is 14.0 Å². The van der Waals surface area contributed by atoms with Crippen molar-refractivity contribution < 1.29 is 23.6 Å². The van der Waals surface area contributed by atoms with Crippen molar-refractivity contribution in [2.75, 3.05) is 13.2 Å². The summed E-state index contributed by atoms with van der Waals surface area (Å²) in [4.78, 5) is 24.9. The second-order valence-corrected chi connectivity index (χ2v) is 9.62. The summed E-state index contributed by atoms with van der Waals surface area (Å²) >= 11 is 12.9. The summed E-state index contributed by atoms with van der Waals surface area (Å²) in [6.45, 7) is 3.58. The van der Waals surface area contributed by atoms with E-state index in [9.17, 15) is 9.59 Å². The van der Waals surface area contributed by atoms with Gasteiger partial charge in [0.05, 0.1) is 15.6 Å². The van der Waals surface area contributed by atoms with Crippen LogP contribution in [0.2, 0.25) is 0 Å². The number of halogens is 3. The Bertz CT molecular complexity index is 1340. The normalized spacial score (nSPS) is 11.0. The third kappa shape index (κ3) is 5.29. The summed E-state index contributed by atoms with van der Waals surface area (Å²) in [5, 5.41) is 4.30. The van der Waals surface area contributed by atoms with Gasteiger partial charge in [-0.1, -0.05) is 35.5 Å². The van der Waals surface area contributed by atoms with Crippen molar-refractivity contribution in [1.29, 1.82) is 0 Å². The van der Waals surface area contributed by atoms with Crippen LogP contribution < -0.4 is 4.74 Å². The van der Waals surface area contributed by atoms with Crippen LogP contribution in [0.15, 0.2) is 62.0 Å². The number of nitrogens with zero attached hydrogens (tertiary/aromatic N) is 1. The first-order valence-corrected chi connectivity index (χ1v) is 12.8. The highest BCUT2D eigenvalue weighted by Gasteiger charge is 2.26. The lowest BCUT2D eigenvalue weighted by Gasteiger charge is -2.14. The molecule has 4 rings (SSSR count). The standard InChI is InChI=1S/C26H20Br2ClNO5/c1-3-33-22(31)13-34-26-20(27)10-17(11-21(26)28)24-18-8-9-19(23(18)14(2)35-30-24)25(32)16-6-4-15(12-29)5-7-16/h4-11H,3,12-13H2,1-2H3. The average Bonchev–Trinajstić information content (AvgIpc) is 3.29. The van der Waals surface area contributed by atoms with Gasteiger partial charge in [0.1, 0.15) is 17.2 Å². The molecule has 6 nitrogen and oxygen atoms in total. The molecule has 35 heavy (non-hydrogen) atoms. The minimum atomic E-state index is -0.456. The predicted molar refractivity (Wildman–Crippen MR) is 140 cm³/mol. The first kappa shape index (κ1) is 25.4. The smallest absolute Gasteiger partial charge is 0.344 e. The molecule has 1 aliphatic carbocycles. The second kappa shape index (κ2) is 10.9. The van der Waals surface area contributed by atoms with E-state index < -0.39 is 5.97 Å². The Hall–Kier alpha value is -2.68. The molecule has 2 aliphatic rings. The Labute approximate surface area is 224 Å². The van der Waals surface area contributed by atoms with Crippen molar-refractivity contribution in [1.82, 2.24) is 5.16 Å². The molecule has 0 bridgehead atoms. The van der Waals surface area contributed by atoms with Crippen molar-refractivity contribution in [3.05, 3.63) is 79.9 Å². The SMILES string of the molecule is CCOC(=O)COc1c(Br)cc(-c2noc(C)c3c(C(=O)c4ccc(CCl)cc4)ccc2-3)cc1Br. The molecule has 0 aromatic heterocycles. The summed E-state index contributed by atoms with van der Waals surface area (Å²) in [7, 11) is 0. The van der Waals surface area contributed by atoms with Crippen LogP contribution in [-0.2, 0) is 15.4 Å². The summed E-state index contributed by atoms with van der Waals surface area (Å²) in [5.41, 5.74) is 4.84. The Morgan fingerprint density at radius 1 is 1.06 bits per heavy atom. The number of hydrogen-bond acceptors (Lipinski definition) is 6. The molecule has 2 aromatic rings. The van der Waals surface area contributed by atoms with Crippen molar-refractivity contribution in [3.8, 4) is 28.1 Å². The lowest BCUT2D eigenvalue weighted by atomic mass is 9.96. The Kier molecular flexibility index (Phi) is 7.94. The van der Waals surface area contributed by atoms with Crippen LogP contribution in [0, 0.1) is 6.92 Å². The third-order valence-electron chi connectivity index (χ3n) is 5.36. The van der Waals surface area contributed by atoms with E-state index in [2.05, 4.69) is 37.0 Å². The van der Waals surface area contributed by atoms with Gasteiger partial charge >= 0.3 is 5.97 Å². The summed E-state index contributed by atoms with van der Waals surface area (Å²) < 4.78 is 17.4. The van der Waals surface area contributed by atoms with Gasteiger partial charge in [0.2, 0.25) is 0 Å². The van der Waals surface area contributed by atoms with Crippen LogP contribution in [0.5, 0.6) is 5.75 Å². The predicted octanol–water partition coefficient (Wildman–Crippen LogP) is 7.19. The number of carbonyl (C=O) groups is 2. The summed E-state index contributed by atoms with van der Waals surface area (Å²) in [5.74, 6) is 0.824. The third-order valence-corrected chi connectivity index (χ3v) is 6.85. The zero-order valence-electron chi connectivity index (χ0n) is 18.9. The Morgan fingerprint density at radius 2 is 1.74 bits per heavy atom. The number of aryl methyl sites for hydroxylation is 1. The molecule has 1 heterocycles. The number of ketones is 1. The molecule has 0 spiro atoms. The monoisotopic (exact) mass is 619 g/mol. The molecule has 0 fully saturated rings. The molecular formula is C26H20Br2ClNO5. The van der Waals surface area contributed by atoms with E-state index in [-0.39, 0.29) is 19.0 Å². The van der Waals surface area contributed by atoms with Crippen LogP contribution in [-0.4, -0.2) is 30.1 Å². The molecular weight excluding hydrogens is 602 g/mol. The molecule has 0 saturated carbocycles. The lowest BCUT2D eigenvalue weighted by molar-refractivity contribution is -0.145. The van der Waals surface area contributed by atoms with Crippen molar-refractivity contribution in [3.63, 3.8) is 0 Å². The fraction of sp³-hybridized carbons (Fsp3) is 0.192. The lowest BCUT2D eigenvalue weighted by Crippen LogP contribution is -2.15. The van der Waals surface area contributed by atoms with Gasteiger partial charge in [0, 0.05) is 33.7 Å². The van der Waals surface area contributed by atoms with Gasteiger partial charge in [-0.3, -0.25) is 4.79 Å². The van der Waals surface area contributed by atoms with Gasteiger partial charge in [-0.15, -0.1) is 11.6 Å². The number of alkyl halides is 1. The second-order valence-electron chi connectivity index (χ2n) is 7.65. The van der Waals surface area contributed by atoms with E-state index in [1.807, 2.05) is 30.3 Å². The number of hydrogen-bond donors (Lipinski definition) is 0. The fourth-order valence-corrected chi connectivity index (χ4v) is 5.32. The first-order chi connectivity index (χ1) is 16.8. The van der Waals surface area contributed by atoms with Crippen LogP contribution >= 0.6 is 43.5 Å². The van der Waals surface area contributed by atoms with Gasteiger partial charge in [-0.05, 0) is 69.5 Å². The number of rotatable bonds is 8. The number of ether oxygens (including phenoxy) is 2. The quantitative estimate of drug-likeness (QED) is 0.118. The highest BCUT2D eigenvalue weighted by atomic mass is 79.9. The van der Waals surface area contributed by atoms with E-state index in [0.717, 1.165) is 16.7 Å². The minimum Gasteiger partial charge on any atom is -0.480 e. The summed E-state index contributed by atoms with van der Waals surface area (Å²) in [6, 6.07) is 14.5. The number of esters is 1. The molecule has 0 N–H and O–H groups in total. The van der Waals surface area contributed by atoms with Gasteiger partial charge in [0.15, 0.2) is 12.4 Å². The topological polar surface area (TPSA) is 78.6 Å². The maximum Gasteiger partial charge on any atom is 0.344 e. The minimum absolute atomic E-state index is 0.110. The largest absolute Gasteiger partial charge is 0.480 e. The first-order valence-electron chi connectivity index (χ1n) is 10.7. The van der Waals surface area contributed by atoms with Crippen molar-refractivity contribution in [2.24, 2.45) is 0 Å². The molecule has 1 aliphatic heterocycles. The molecule has 9 heteroatoms. The number of carbonyl (C=O) groups excluding carboxylic acids is 2. The molecule has 0 unspecified atom stereocenters. The van der Waals surface area contributed by atoms with Gasteiger partial charge in [0.25, 0.3) is 0 Å². The number of fused-ring (bicyclic) bond motifs is 1. The summed E-state index contributed by atoms with van der Waals surface area (Å²) in [6.07, 6.45) is 0. The van der Waals surface area contributed by atoms with Crippen molar-refractivity contribution in [2.45, 2.75) is 19.7 Å². The van der Waals surface area contributed by atoms with Crippen LogP contribution in [0.1, 0.15) is 34.2 Å². The Morgan fingerprint density at radius 3 is 2.37 bits per heavy atom. The van der Waals surface area contributed by atoms with Crippen LogP contribution in [0.3, 0.4) is 0 Å². The highest BCUT2D eigenvalue weighted by molar-refractivity contribution is 9.11. The van der Waals surface area contributed by atoms with Crippen molar-refractivity contribution >= 4 is 55.2 Å². The molecule has 0 amide bonds. The van der Waals surface area contributed by atoms with Crippen LogP contribution in [0.4, 0.5) is 0 Å². The molecule has 2 aromatic carbocycles. The fourth-order valence-electron chi connectivity index (χ4n) is 3.73. The molecule has 0 saturated heterocycles. The van der Waals surface area contributed by atoms with E-state index >= 15 is 0 Å².